The van der Waals surface area contributed by atoms with Crippen LogP contribution in [0.5, 0.6) is 5.75 Å². The lowest BCUT2D eigenvalue weighted by atomic mass is 10.1. The van der Waals surface area contributed by atoms with Crippen molar-refractivity contribution in [3.8, 4) is 5.75 Å². The van der Waals surface area contributed by atoms with Gasteiger partial charge in [0.15, 0.2) is 4.77 Å². The fraction of sp³-hybridized carbons (Fsp3) is 0.333. The smallest absolute Gasteiger partial charge is 0.255 e. The maximum absolute atomic E-state index is 11.9. The molecule has 1 aliphatic heterocycles. The zero-order valence-electron chi connectivity index (χ0n) is 11.8. The Kier molecular flexibility index (Phi) is 3.90. The van der Waals surface area contributed by atoms with Crippen LogP contribution in [-0.4, -0.2) is 28.5 Å². The average molecular weight is 303 g/mol. The highest BCUT2D eigenvalue weighted by Crippen LogP contribution is 2.18. The maximum atomic E-state index is 11.9. The van der Waals surface area contributed by atoms with Crippen LogP contribution in [-0.2, 0) is 19.5 Å². The third-order valence-electron chi connectivity index (χ3n) is 3.73. The Morgan fingerprint density at radius 2 is 2.24 bits per heavy atom. The minimum absolute atomic E-state index is 0.0604. The number of aromatic nitrogens is 2. The maximum Gasteiger partial charge on any atom is 0.255 e. The van der Waals surface area contributed by atoms with Gasteiger partial charge in [-0.1, -0.05) is 12.1 Å². The molecule has 0 saturated carbocycles. The van der Waals surface area contributed by atoms with Crippen LogP contribution >= 0.6 is 12.2 Å². The first kappa shape index (κ1) is 14.0. The Labute approximate surface area is 127 Å². The number of aromatic amines is 2. The van der Waals surface area contributed by atoms with E-state index in [1.54, 1.807) is 7.11 Å². The van der Waals surface area contributed by atoms with Gasteiger partial charge in [-0.05, 0) is 36.3 Å². The lowest BCUT2D eigenvalue weighted by Gasteiger charge is -2.27. The van der Waals surface area contributed by atoms with E-state index in [4.69, 9.17) is 17.0 Å². The summed E-state index contributed by atoms with van der Waals surface area (Å²) in [5, 5.41) is 0. The van der Waals surface area contributed by atoms with Crippen molar-refractivity contribution < 1.29 is 4.74 Å². The van der Waals surface area contributed by atoms with Crippen molar-refractivity contribution in [3.05, 3.63) is 56.2 Å². The van der Waals surface area contributed by atoms with E-state index in [2.05, 4.69) is 20.9 Å². The van der Waals surface area contributed by atoms with Crippen molar-refractivity contribution in [2.24, 2.45) is 0 Å². The molecule has 0 unspecified atom stereocenters. The van der Waals surface area contributed by atoms with Gasteiger partial charge in [-0.15, -0.1) is 0 Å². The van der Waals surface area contributed by atoms with Crippen LogP contribution < -0.4 is 10.3 Å². The van der Waals surface area contributed by atoms with Crippen molar-refractivity contribution in [2.45, 2.75) is 19.5 Å². The van der Waals surface area contributed by atoms with Gasteiger partial charge in [-0.3, -0.25) is 14.7 Å². The Morgan fingerprint density at radius 3 is 3.05 bits per heavy atom. The van der Waals surface area contributed by atoms with Crippen molar-refractivity contribution in [3.63, 3.8) is 0 Å². The van der Waals surface area contributed by atoms with E-state index < -0.39 is 0 Å². The molecule has 1 aromatic carbocycles. The summed E-state index contributed by atoms with van der Waals surface area (Å²) in [5.41, 5.74) is 2.89. The van der Waals surface area contributed by atoms with Crippen LogP contribution in [0.3, 0.4) is 0 Å². The zero-order chi connectivity index (χ0) is 14.8. The molecule has 0 fully saturated rings. The van der Waals surface area contributed by atoms with E-state index >= 15 is 0 Å². The Balaban J connectivity index is 1.80. The number of methoxy groups -OCH3 is 1. The van der Waals surface area contributed by atoms with Gasteiger partial charge in [-0.2, -0.15) is 0 Å². The van der Waals surface area contributed by atoms with Gasteiger partial charge in [0, 0.05) is 30.9 Å². The number of nitrogens with one attached hydrogen (secondary N) is 2. The molecule has 2 N–H and O–H groups in total. The summed E-state index contributed by atoms with van der Waals surface area (Å²) in [6, 6.07) is 8.05. The molecule has 0 radical (unpaired) electrons. The largest absolute Gasteiger partial charge is 0.497 e. The standard InChI is InChI=1S/C15H17N3O2S/c1-20-11-4-2-3-10(7-11)8-18-6-5-12-13(9-18)16-15(21)17-14(12)19/h2-4,7H,5-6,8-9H2,1H3,(H2,16,17,19,21). The van der Waals surface area contributed by atoms with Gasteiger partial charge in [0.1, 0.15) is 5.75 Å². The molecular formula is C15H17N3O2S. The first-order valence-corrected chi connectivity index (χ1v) is 7.26. The van der Waals surface area contributed by atoms with Gasteiger partial charge in [0.2, 0.25) is 0 Å². The predicted molar refractivity (Wildman–Crippen MR) is 83.1 cm³/mol. The van der Waals surface area contributed by atoms with Crippen molar-refractivity contribution in [1.82, 2.24) is 14.9 Å². The van der Waals surface area contributed by atoms with Crippen LogP contribution in [0.2, 0.25) is 0 Å². The summed E-state index contributed by atoms with van der Waals surface area (Å²) < 4.78 is 5.64. The molecule has 2 heterocycles. The highest BCUT2D eigenvalue weighted by molar-refractivity contribution is 7.71. The van der Waals surface area contributed by atoms with Crippen LogP contribution in [0.1, 0.15) is 16.8 Å². The second kappa shape index (κ2) is 5.83. The number of ether oxygens (including phenoxy) is 1. The Bertz CT molecular complexity index is 766. The van der Waals surface area contributed by atoms with Gasteiger partial charge in [-0.25, -0.2) is 0 Å². The third kappa shape index (κ3) is 3.06. The Morgan fingerprint density at radius 1 is 1.38 bits per heavy atom. The molecule has 0 bridgehead atoms. The monoisotopic (exact) mass is 303 g/mol. The summed E-state index contributed by atoms with van der Waals surface area (Å²) in [6.45, 7) is 2.39. The molecule has 0 spiro atoms. The van der Waals surface area contributed by atoms with E-state index in [-0.39, 0.29) is 5.56 Å². The fourth-order valence-electron chi connectivity index (χ4n) is 2.70. The number of H-pyrrole nitrogens is 2. The molecule has 0 atom stereocenters. The number of hydrogen-bond donors (Lipinski definition) is 2. The molecular weight excluding hydrogens is 286 g/mol. The topological polar surface area (TPSA) is 61.1 Å². The summed E-state index contributed by atoms with van der Waals surface area (Å²) in [7, 11) is 1.67. The molecule has 2 aromatic rings. The summed E-state index contributed by atoms with van der Waals surface area (Å²) in [6.07, 6.45) is 0.737. The molecule has 1 aliphatic rings. The van der Waals surface area contributed by atoms with Gasteiger partial charge < -0.3 is 9.72 Å². The number of nitrogens with zero attached hydrogens (tertiary/aromatic N) is 1. The highest BCUT2D eigenvalue weighted by atomic mass is 32.1. The molecule has 5 nitrogen and oxygen atoms in total. The number of fused-ring (bicyclic) bond motifs is 1. The van der Waals surface area contributed by atoms with Crippen LogP contribution in [0.15, 0.2) is 29.1 Å². The minimum atomic E-state index is -0.0604. The zero-order valence-corrected chi connectivity index (χ0v) is 12.6. The average Bonchev–Trinajstić information content (AvgIpc) is 2.47. The molecule has 110 valence electrons. The normalized spacial score (nSPS) is 14.7. The fourth-order valence-corrected chi connectivity index (χ4v) is 2.91. The number of hydrogen-bond acceptors (Lipinski definition) is 4. The molecule has 3 rings (SSSR count). The second-order valence-corrected chi connectivity index (χ2v) is 5.59. The van der Waals surface area contributed by atoms with Crippen LogP contribution in [0, 0.1) is 4.77 Å². The first-order valence-electron chi connectivity index (χ1n) is 6.85. The summed E-state index contributed by atoms with van der Waals surface area (Å²) in [5.74, 6) is 0.862. The molecule has 0 saturated heterocycles. The molecule has 1 aromatic heterocycles. The number of benzene rings is 1. The third-order valence-corrected chi connectivity index (χ3v) is 3.93. The molecule has 6 heteroatoms. The number of rotatable bonds is 3. The SMILES string of the molecule is COc1cccc(CN2CCc3c([nH]c(=S)[nH]c3=O)C2)c1. The van der Waals surface area contributed by atoms with Gasteiger partial charge >= 0.3 is 0 Å². The van der Waals surface area contributed by atoms with Crippen molar-refractivity contribution >= 4 is 12.2 Å². The van der Waals surface area contributed by atoms with Crippen molar-refractivity contribution in [2.75, 3.05) is 13.7 Å². The van der Waals surface area contributed by atoms with E-state index in [1.165, 1.54) is 5.56 Å². The molecule has 0 aliphatic carbocycles. The van der Waals surface area contributed by atoms with Crippen LogP contribution in [0.25, 0.3) is 0 Å². The summed E-state index contributed by atoms with van der Waals surface area (Å²) in [4.78, 5) is 19.9. The quantitative estimate of drug-likeness (QED) is 0.852. The van der Waals surface area contributed by atoms with E-state index in [0.717, 1.165) is 36.5 Å². The summed E-state index contributed by atoms with van der Waals surface area (Å²) >= 11 is 5.04. The van der Waals surface area contributed by atoms with E-state index in [0.29, 0.717) is 11.3 Å². The molecule has 0 amide bonds. The highest BCUT2D eigenvalue weighted by Gasteiger charge is 2.19. The van der Waals surface area contributed by atoms with Gasteiger partial charge in [0.05, 0.1) is 7.11 Å². The van der Waals surface area contributed by atoms with E-state index in [1.807, 2.05) is 18.2 Å². The predicted octanol–water partition coefficient (Wildman–Crippen LogP) is 2.00. The van der Waals surface area contributed by atoms with Crippen LogP contribution in [0.4, 0.5) is 0 Å². The molecule has 21 heavy (non-hydrogen) atoms. The lowest BCUT2D eigenvalue weighted by Crippen LogP contribution is -2.34. The van der Waals surface area contributed by atoms with Crippen molar-refractivity contribution in [1.29, 1.82) is 0 Å². The van der Waals surface area contributed by atoms with Gasteiger partial charge in [0.25, 0.3) is 5.56 Å². The minimum Gasteiger partial charge on any atom is -0.497 e. The first-order chi connectivity index (χ1) is 10.2. The lowest BCUT2D eigenvalue weighted by molar-refractivity contribution is 0.240. The van der Waals surface area contributed by atoms with E-state index in [9.17, 15) is 4.79 Å². The second-order valence-electron chi connectivity index (χ2n) is 5.18. The Hall–Kier alpha value is -1.92.